The molecular weight excluding hydrogens is 470 g/mol. The molecule has 0 bridgehead atoms. The van der Waals surface area contributed by atoms with Crippen molar-refractivity contribution in [2.24, 2.45) is 0 Å². The van der Waals surface area contributed by atoms with E-state index in [0.717, 1.165) is 32.9 Å². The van der Waals surface area contributed by atoms with Crippen molar-refractivity contribution in [3.8, 4) is 22.9 Å². The molecule has 6 aromatic rings. The third kappa shape index (κ3) is 3.05. The lowest BCUT2D eigenvalue weighted by molar-refractivity contribution is 0.0935. The second-order valence-electron chi connectivity index (χ2n) is 9.34. The summed E-state index contributed by atoms with van der Waals surface area (Å²) in [6.45, 7) is 0. The van der Waals surface area contributed by atoms with Crippen molar-refractivity contribution in [1.82, 2.24) is 4.57 Å². The summed E-state index contributed by atoms with van der Waals surface area (Å²) >= 11 is 0. The van der Waals surface area contributed by atoms with Gasteiger partial charge >= 0.3 is 0 Å². The molecule has 0 saturated carbocycles. The largest absolute Gasteiger partial charge is 0.369 e. The quantitative estimate of drug-likeness (QED) is 0.291. The molecule has 0 radical (unpaired) electrons. The van der Waals surface area contributed by atoms with Crippen LogP contribution in [0.4, 0.5) is 5.69 Å². The highest BCUT2D eigenvalue weighted by molar-refractivity contribution is 6.17. The lowest BCUT2D eigenvalue weighted by Crippen LogP contribution is -2.28. The molecule has 2 heterocycles. The van der Waals surface area contributed by atoms with Gasteiger partial charge in [0.2, 0.25) is 0 Å². The Labute approximate surface area is 219 Å². The molecule has 0 aliphatic carbocycles. The van der Waals surface area contributed by atoms with Crippen LogP contribution in [-0.4, -0.2) is 15.6 Å². The Hall–Kier alpha value is -5.18. The highest BCUT2D eigenvalue weighted by Crippen LogP contribution is 2.44. The highest BCUT2D eigenvalue weighted by Gasteiger charge is 2.40. The molecule has 0 spiro atoms. The van der Waals surface area contributed by atoms with Crippen molar-refractivity contribution in [1.29, 1.82) is 5.26 Å². The number of carbonyl (C=O) groups is 1. The van der Waals surface area contributed by atoms with Crippen molar-refractivity contribution in [2.45, 2.75) is 6.23 Å². The number of benzene rings is 5. The zero-order valence-electron chi connectivity index (χ0n) is 20.2. The van der Waals surface area contributed by atoms with E-state index in [1.165, 1.54) is 4.90 Å². The molecule has 180 valence electrons. The summed E-state index contributed by atoms with van der Waals surface area (Å²) in [7, 11) is 0. The number of rotatable bonds is 3. The van der Waals surface area contributed by atoms with E-state index in [2.05, 4.69) is 6.07 Å². The zero-order chi connectivity index (χ0) is 25.8. The van der Waals surface area contributed by atoms with E-state index in [9.17, 15) is 15.2 Å². The molecular formula is C33H21N3O2. The van der Waals surface area contributed by atoms with Crippen LogP contribution in [0.1, 0.15) is 27.7 Å². The van der Waals surface area contributed by atoms with Crippen molar-refractivity contribution in [2.75, 3.05) is 4.90 Å². The van der Waals surface area contributed by atoms with Gasteiger partial charge in [-0.1, -0.05) is 91.0 Å². The molecule has 0 saturated heterocycles. The van der Waals surface area contributed by atoms with E-state index in [4.69, 9.17) is 0 Å². The van der Waals surface area contributed by atoms with E-state index in [-0.39, 0.29) is 5.91 Å². The first kappa shape index (κ1) is 22.1. The smallest absolute Gasteiger partial charge is 0.263 e. The van der Waals surface area contributed by atoms with Gasteiger partial charge in [-0.25, -0.2) is 0 Å². The van der Waals surface area contributed by atoms with Gasteiger partial charge in [0.1, 0.15) is 6.07 Å². The average molecular weight is 492 g/mol. The van der Waals surface area contributed by atoms with Crippen LogP contribution in [0.15, 0.2) is 115 Å². The first-order chi connectivity index (χ1) is 18.7. The molecule has 0 fully saturated rings. The molecule has 1 aliphatic rings. The average Bonchev–Trinajstić information content (AvgIpc) is 3.45. The summed E-state index contributed by atoms with van der Waals surface area (Å²) in [5, 5.41) is 23.4. The van der Waals surface area contributed by atoms with Crippen LogP contribution in [0.2, 0.25) is 0 Å². The lowest BCUT2D eigenvalue weighted by Gasteiger charge is -2.24. The molecule has 1 N–H and O–H groups in total. The summed E-state index contributed by atoms with van der Waals surface area (Å²) in [6, 6.07) is 38.9. The van der Waals surface area contributed by atoms with Gasteiger partial charge < -0.3 is 9.67 Å². The van der Waals surface area contributed by atoms with Crippen molar-refractivity contribution in [3.05, 3.63) is 132 Å². The Balaban J connectivity index is 1.48. The number of nitrogens with zero attached hydrogens (tertiary/aromatic N) is 3. The van der Waals surface area contributed by atoms with Gasteiger partial charge in [-0.05, 0) is 29.8 Å². The number of amides is 1. The summed E-state index contributed by atoms with van der Waals surface area (Å²) in [6.07, 6.45) is -1.15. The normalized spacial score (nSPS) is 14.7. The second kappa shape index (κ2) is 8.45. The monoisotopic (exact) mass is 491 g/mol. The molecule has 1 amide bonds. The van der Waals surface area contributed by atoms with Crippen LogP contribution >= 0.6 is 0 Å². The maximum absolute atomic E-state index is 14.2. The molecule has 1 atom stereocenters. The number of para-hydroxylation sites is 3. The number of nitriles is 1. The summed E-state index contributed by atoms with van der Waals surface area (Å²) in [5.41, 5.74) is 6.22. The van der Waals surface area contributed by atoms with Crippen molar-refractivity contribution < 1.29 is 9.90 Å². The summed E-state index contributed by atoms with van der Waals surface area (Å²) < 4.78 is 1.99. The van der Waals surface area contributed by atoms with Gasteiger partial charge in [0.25, 0.3) is 5.91 Å². The van der Waals surface area contributed by atoms with Crippen LogP contribution < -0.4 is 4.90 Å². The van der Waals surface area contributed by atoms with Gasteiger partial charge in [-0.15, -0.1) is 0 Å². The number of anilines is 1. The highest BCUT2D eigenvalue weighted by atomic mass is 16.3. The van der Waals surface area contributed by atoms with Gasteiger partial charge in [-0.2, -0.15) is 5.26 Å². The van der Waals surface area contributed by atoms with E-state index < -0.39 is 6.23 Å². The zero-order valence-corrected chi connectivity index (χ0v) is 20.2. The predicted molar refractivity (Wildman–Crippen MR) is 149 cm³/mol. The number of hydrogen-bond acceptors (Lipinski definition) is 3. The first-order valence-corrected chi connectivity index (χ1v) is 12.4. The third-order valence-corrected chi connectivity index (χ3v) is 7.33. The molecule has 1 aromatic heterocycles. The Morgan fingerprint density at radius 1 is 0.711 bits per heavy atom. The molecule has 38 heavy (non-hydrogen) atoms. The molecule has 1 aliphatic heterocycles. The maximum Gasteiger partial charge on any atom is 0.263 e. The number of hydrogen-bond donors (Lipinski definition) is 1. The standard InChI is InChI=1S/C33H21N3O2/c34-20-22-12-8-15-25-24-14-5-7-18-28(24)35(31(22)25)29-19-9-16-26-30(29)33(38)36(32(26)37)27-17-6-4-13-23(27)21-10-2-1-3-11-21/h1-19,32,37H. The Morgan fingerprint density at radius 2 is 1.39 bits per heavy atom. The van der Waals surface area contributed by atoms with Gasteiger partial charge in [0, 0.05) is 21.9 Å². The van der Waals surface area contributed by atoms with E-state index in [0.29, 0.717) is 28.1 Å². The van der Waals surface area contributed by atoms with Crippen LogP contribution in [-0.2, 0) is 0 Å². The molecule has 1 unspecified atom stereocenters. The molecule has 5 heteroatoms. The molecule has 7 rings (SSSR count). The van der Waals surface area contributed by atoms with Crippen molar-refractivity contribution >= 4 is 33.4 Å². The predicted octanol–water partition coefficient (Wildman–Crippen LogP) is 6.97. The Kier molecular flexibility index (Phi) is 4.90. The minimum atomic E-state index is -1.15. The Bertz CT molecular complexity index is 1930. The van der Waals surface area contributed by atoms with Gasteiger partial charge in [-0.3, -0.25) is 9.69 Å². The van der Waals surface area contributed by atoms with Crippen molar-refractivity contribution in [3.63, 3.8) is 0 Å². The second-order valence-corrected chi connectivity index (χ2v) is 9.34. The number of aliphatic hydroxyl groups excluding tert-OH is 1. The molecule has 5 nitrogen and oxygen atoms in total. The fourth-order valence-electron chi connectivity index (χ4n) is 5.71. The van der Waals surface area contributed by atoms with Crippen LogP contribution in [0.5, 0.6) is 0 Å². The number of fused-ring (bicyclic) bond motifs is 4. The fourth-order valence-corrected chi connectivity index (χ4v) is 5.71. The SMILES string of the molecule is N#Cc1cccc2c3ccccc3n(-c3cccc4c3C(=O)N(c3ccccc3-c3ccccc3)C4O)c12. The summed E-state index contributed by atoms with van der Waals surface area (Å²) in [5.74, 6) is -0.285. The minimum Gasteiger partial charge on any atom is -0.369 e. The van der Waals surface area contributed by atoms with Gasteiger partial charge in [0.15, 0.2) is 6.23 Å². The van der Waals surface area contributed by atoms with Gasteiger partial charge in [0.05, 0.1) is 33.5 Å². The fraction of sp³-hybridized carbons (Fsp3) is 0.0303. The van der Waals surface area contributed by atoms with E-state index >= 15 is 0 Å². The topological polar surface area (TPSA) is 69.3 Å². The number of carbonyl (C=O) groups excluding carboxylic acids is 1. The number of aromatic nitrogens is 1. The Morgan fingerprint density at radius 3 is 2.24 bits per heavy atom. The minimum absolute atomic E-state index is 0.285. The number of aliphatic hydroxyl groups is 1. The summed E-state index contributed by atoms with van der Waals surface area (Å²) in [4.78, 5) is 15.7. The van der Waals surface area contributed by atoms with E-state index in [1.54, 1.807) is 12.1 Å². The lowest BCUT2D eigenvalue weighted by atomic mass is 10.0. The maximum atomic E-state index is 14.2. The van der Waals surface area contributed by atoms with E-state index in [1.807, 2.05) is 108 Å². The van der Waals surface area contributed by atoms with Crippen LogP contribution in [0, 0.1) is 11.3 Å². The first-order valence-electron chi connectivity index (χ1n) is 12.4. The molecule has 5 aromatic carbocycles. The van der Waals surface area contributed by atoms with Crippen LogP contribution in [0.25, 0.3) is 38.6 Å². The van der Waals surface area contributed by atoms with Crippen LogP contribution in [0.3, 0.4) is 0 Å². The third-order valence-electron chi connectivity index (χ3n) is 7.33.